The molecule has 5 rings (SSSR count). The van der Waals surface area contributed by atoms with Crippen LogP contribution < -0.4 is 0 Å². The van der Waals surface area contributed by atoms with Crippen LogP contribution in [0.25, 0.3) is 0 Å². The van der Waals surface area contributed by atoms with Crippen molar-refractivity contribution < 1.29 is 14.3 Å². The highest BCUT2D eigenvalue weighted by Crippen LogP contribution is 2.36. The van der Waals surface area contributed by atoms with Crippen LogP contribution in [0, 0.1) is 5.92 Å². The normalized spacial score (nSPS) is 23.3. The fourth-order valence-electron chi connectivity index (χ4n) is 6.66. The number of amides is 2. The van der Waals surface area contributed by atoms with Gasteiger partial charge in [-0.05, 0) is 43.7 Å². The van der Waals surface area contributed by atoms with Crippen LogP contribution in [0.5, 0.6) is 0 Å². The summed E-state index contributed by atoms with van der Waals surface area (Å²) >= 11 is 0. The van der Waals surface area contributed by atoms with Gasteiger partial charge >= 0.3 is 6.09 Å². The number of rotatable bonds is 7. The van der Waals surface area contributed by atoms with Crippen molar-refractivity contribution >= 4 is 12.0 Å². The molecular formula is C31H41N3O3. The Kier molecular flexibility index (Phi) is 8.45. The quantitative estimate of drug-likeness (QED) is 0.515. The van der Waals surface area contributed by atoms with Crippen LogP contribution in [0.2, 0.25) is 0 Å². The number of ether oxygens (including phenoxy) is 1. The maximum atomic E-state index is 13.3. The van der Waals surface area contributed by atoms with Crippen LogP contribution in [0.15, 0.2) is 60.7 Å². The standard InChI is InChI=1S/C31H41N3O3/c1-2-34(31(36)37-23-24-11-5-3-6-12-24)27-17-19-32(20-18-27)29-22-33(30(35)26-15-9-10-16-26)21-28(29)25-13-7-4-8-14-25/h3-8,11-14,26-29H,2,9-10,15-23H2,1H3/t28-,29+/m0/s1. The minimum Gasteiger partial charge on any atom is -0.445 e. The van der Waals surface area contributed by atoms with E-state index in [2.05, 4.69) is 40.1 Å². The molecule has 1 aliphatic carbocycles. The van der Waals surface area contributed by atoms with Gasteiger partial charge in [-0.15, -0.1) is 0 Å². The van der Waals surface area contributed by atoms with Gasteiger partial charge in [-0.1, -0.05) is 73.5 Å². The predicted molar refractivity (Wildman–Crippen MR) is 145 cm³/mol. The maximum absolute atomic E-state index is 13.3. The largest absolute Gasteiger partial charge is 0.445 e. The predicted octanol–water partition coefficient (Wildman–Crippen LogP) is 5.29. The minimum absolute atomic E-state index is 0.192. The molecule has 0 bridgehead atoms. The zero-order valence-electron chi connectivity index (χ0n) is 22.1. The van der Waals surface area contributed by atoms with Gasteiger partial charge < -0.3 is 14.5 Å². The highest BCUT2D eigenvalue weighted by molar-refractivity contribution is 5.79. The third kappa shape index (κ3) is 6.01. The third-order valence-corrected chi connectivity index (χ3v) is 8.72. The second kappa shape index (κ2) is 12.1. The molecule has 2 saturated heterocycles. The van der Waals surface area contributed by atoms with E-state index < -0.39 is 0 Å². The Balaban J connectivity index is 1.21. The van der Waals surface area contributed by atoms with Crippen molar-refractivity contribution in [2.45, 2.75) is 70.1 Å². The van der Waals surface area contributed by atoms with Crippen LogP contribution in [-0.2, 0) is 16.1 Å². The third-order valence-electron chi connectivity index (χ3n) is 8.72. The topological polar surface area (TPSA) is 53.1 Å². The number of carbonyl (C=O) groups is 2. The van der Waals surface area contributed by atoms with E-state index in [9.17, 15) is 9.59 Å². The van der Waals surface area contributed by atoms with Crippen molar-refractivity contribution in [3.8, 4) is 0 Å². The van der Waals surface area contributed by atoms with Gasteiger partial charge in [0.05, 0.1) is 0 Å². The number of hydrogen-bond donors (Lipinski definition) is 0. The summed E-state index contributed by atoms with van der Waals surface area (Å²) in [4.78, 5) is 32.9. The first-order valence-corrected chi connectivity index (χ1v) is 14.2. The van der Waals surface area contributed by atoms with E-state index in [1.807, 2.05) is 42.2 Å². The molecule has 2 aliphatic heterocycles. The number of nitrogens with zero attached hydrogens (tertiary/aromatic N) is 3. The van der Waals surface area contributed by atoms with E-state index >= 15 is 0 Å². The molecule has 6 heteroatoms. The summed E-state index contributed by atoms with van der Waals surface area (Å²) in [6.45, 7) is 6.50. The average molecular weight is 504 g/mol. The lowest BCUT2D eigenvalue weighted by Crippen LogP contribution is -2.51. The molecule has 37 heavy (non-hydrogen) atoms. The lowest BCUT2D eigenvalue weighted by Gasteiger charge is -2.41. The zero-order chi connectivity index (χ0) is 25.6. The lowest BCUT2D eigenvalue weighted by atomic mass is 9.91. The molecule has 0 spiro atoms. The summed E-state index contributed by atoms with van der Waals surface area (Å²) in [5.41, 5.74) is 2.34. The number of benzene rings is 2. The Hall–Kier alpha value is -2.86. The Morgan fingerprint density at radius 1 is 0.892 bits per heavy atom. The Morgan fingerprint density at radius 3 is 2.19 bits per heavy atom. The van der Waals surface area contributed by atoms with Crippen LogP contribution in [0.4, 0.5) is 4.79 Å². The van der Waals surface area contributed by atoms with Crippen LogP contribution in [0.1, 0.15) is 62.5 Å². The van der Waals surface area contributed by atoms with Crippen molar-refractivity contribution in [3.05, 3.63) is 71.8 Å². The first-order chi connectivity index (χ1) is 18.1. The Bertz CT molecular complexity index is 1020. The van der Waals surface area contributed by atoms with Gasteiger partial charge in [0.1, 0.15) is 6.61 Å². The van der Waals surface area contributed by atoms with Crippen molar-refractivity contribution in [1.29, 1.82) is 0 Å². The first kappa shape index (κ1) is 25.8. The van der Waals surface area contributed by atoms with E-state index in [-0.39, 0.29) is 18.1 Å². The van der Waals surface area contributed by atoms with Crippen molar-refractivity contribution in [1.82, 2.24) is 14.7 Å². The molecule has 6 nitrogen and oxygen atoms in total. The van der Waals surface area contributed by atoms with Gasteiger partial charge in [0.15, 0.2) is 0 Å². The molecule has 0 aromatic heterocycles. The van der Waals surface area contributed by atoms with Crippen LogP contribution in [-0.4, -0.2) is 71.5 Å². The molecule has 2 aromatic carbocycles. The van der Waals surface area contributed by atoms with Crippen molar-refractivity contribution in [3.63, 3.8) is 0 Å². The fraction of sp³-hybridized carbons (Fsp3) is 0.548. The molecule has 3 aliphatic rings. The summed E-state index contributed by atoms with van der Waals surface area (Å²) < 4.78 is 5.65. The highest BCUT2D eigenvalue weighted by Gasteiger charge is 2.42. The van der Waals surface area contributed by atoms with Gasteiger partial charge in [0.25, 0.3) is 0 Å². The summed E-state index contributed by atoms with van der Waals surface area (Å²) in [6, 6.07) is 21.1. The molecule has 0 N–H and O–H groups in total. The molecule has 198 valence electrons. The van der Waals surface area contributed by atoms with Gasteiger partial charge in [-0.3, -0.25) is 9.69 Å². The van der Waals surface area contributed by atoms with Crippen molar-refractivity contribution in [2.75, 3.05) is 32.7 Å². The Morgan fingerprint density at radius 2 is 1.54 bits per heavy atom. The number of likely N-dealkylation sites (tertiary alicyclic amines) is 2. The van der Waals surface area contributed by atoms with E-state index in [0.29, 0.717) is 31.0 Å². The maximum Gasteiger partial charge on any atom is 0.410 e. The molecule has 2 aromatic rings. The smallest absolute Gasteiger partial charge is 0.410 e. The molecule has 2 atom stereocenters. The first-order valence-electron chi connectivity index (χ1n) is 14.2. The molecule has 2 heterocycles. The van der Waals surface area contributed by atoms with Crippen LogP contribution in [0.3, 0.4) is 0 Å². The average Bonchev–Trinajstić information content (AvgIpc) is 3.65. The van der Waals surface area contributed by atoms with Gasteiger partial charge in [-0.25, -0.2) is 4.79 Å². The minimum atomic E-state index is -0.221. The van der Waals surface area contributed by atoms with Gasteiger partial charge in [0.2, 0.25) is 5.91 Å². The Labute approximate surface area is 221 Å². The zero-order valence-corrected chi connectivity index (χ0v) is 22.1. The number of carbonyl (C=O) groups excluding carboxylic acids is 2. The van der Waals surface area contributed by atoms with E-state index in [0.717, 1.165) is 57.4 Å². The fourth-order valence-corrected chi connectivity index (χ4v) is 6.66. The summed E-state index contributed by atoms with van der Waals surface area (Å²) in [6.07, 6.45) is 6.12. The van der Waals surface area contributed by atoms with Crippen LogP contribution >= 0.6 is 0 Å². The van der Waals surface area contributed by atoms with E-state index in [1.165, 1.54) is 18.4 Å². The summed E-state index contributed by atoms with van der Waals surface area (Å²) in [7, 11) is 0. The SMILES string of the molecule is CCN(C(=O)OCc1ccccc1)C1CCN([C@@H]2CN(C(=O)C3CCCC3)C[C@H]2c2ccccc2)CC1. The van der Waals surface area contributed by atoms with E-state index in [4.69, 9.17) is 4.74 Å². The molecule has 3 fully saturated rings. The van der Waals surface area contributed by atoms with Gasteiger partial charge in [0, 0.05) is 56.6 Å². The summed E-state index contributed by atoms with van der Waals surface area (Å²) in [5, 5.41) is 0. The second-order valence-electron chi connectivity index (χ2n) is 10.9. The molecule has 2 amide bonds. The number of piperidine rings is 1. The molecule has 0 unspecified atom stereocenters. The monoisotopic (exact) mass is 503 g/mol. The number of hydrogen-bond acceptors (Lipinski definition) is 4. The lowest BCUT2D eigenvalue weighted by molar-refractivity contribution is -0.134. The highest BCUT2D eigenvalue weighted by atomic mass is 16.6. The second-order valence-corrected chi connectivity index (χ2v) is 10.9. The van der Waals surface area contributed by atoms with Crippen molar-refractivity contribution in [2.24, 2.45) is 5.92 Å². The molecule has 0 radical (unpaired) electrons. The molecular weight excluding hydrogens is 462 g/mol. The molecule has 1 saturated carbocycles. The summed E-state index contributed by atoms with van der Waals surface area (Å²) in [5.74, 6) is 0.927. The van der Waals surface area contributed by atoms with E-state index in [1.54, 1.807) is 0 Å². The van der Waals surface area contributed by atoms with Gasteiger partial charge in [-0.2, -0.15) is 0 Å².